The zero-order valence-electron chi connectivity index (χ0n) is 11.9. The SMILES string of the molecule is C=CCC1C[C@@H](C#N)N2C(OC[C@H]2c2ccccc2)C1Br. The monoisotopic (exact) mass is 346 g/mol. The Morgan fingerprint density at radius 1 is 1.43 bits per heavy atom. The summed E-state index contributed by atoms with van der Waals surface area (Å²) in [6.45, 7) is 4.48. The number of nitriles is 1. The van der Waals surface area contributed by atoms with Gasteiger partial charge in [-0.15, -0.1) is 6.58 Å². The van der Waals surface area contributed by atoms with Gasteiger partial charge in [0.2, 0.25) is 0 Å². The van der Waals surface area contributed by atoms with Gasteiger partial charge in [0, 0.05) is 0 Å². The lowest BCUT2D eigenvalue weighted by atomic mass is 9.86. The molecule has 21 heavy (non-hydrogen) atoms. The summed E-state index contributed by atoms with van der Waals surface area (Å²) in [5, 5.41) is 9.59. The van der Waals surface area contributed by atoms with Crippen molar-refractivity contribution in [3.63, 3.8) is 0 Å². The molecule has 0 saturated carbocycles. The molecule has 3 unspecified atom stereocenters. The van der Waals surface area contributed by atoms with Crippen molar-refractivity contribution < 1.29 is 4.74 Å². The Bertz CT molecular complexity index is 541. The highest BCUT2D eigenvalue weighted by atomic mass is 79.9. The van der Waals surface area contributed by atoms with Crippen LogP contribution in [-0.2, 0) is 4.74 Å². The van der Waals surface area contributed by atoms with E-state index in [4.69, 9.17) is 4.74 Å². The number of piperidine rings is 1. The molecular weight excluding hydrogens is 328 g/mol. The Morgan fingerprint density at radius 3 is 2.86 bits per heavy atom. The summed E-state index contributed by atoms with van der Waals surface area (Å²) in [5.41, 5.74) is 1.22. The van der Waals surface area contributed by atoms with E-state index in [2.05, 4.69) is 45.6 Å². The van der Waals surface area contributed by atoms with Gasteiger partial charge in [-0.1, -0.05) is 52.3 Å². The highest BCUT2D eigenvalue weighted by Gasteiger charge is 2.49. The number of alkyl halides is 1. The zero-order chi connectivity index (χ0) is 14.8. The van der Waals surface area contributed by atoms with Gasteiger partial charge in [-0.3, -0.25) is 4.90 Å². The van der Waals surface area contributed by atoms with Crippen molar-refractivity contribution in [2.24, 2.45) is 5.92 Å². The first-order valence-electron chi connectivity index (χ1n) is 7.34. The highest BCUT2D eigenvalue weighted by molar-refractivity contribution is 9.09. The van der Waals surface area contributed by atoms with Crippen LogP contribution in [0, 0.1) is 17.2 Å². The van der Waals surface area contributed by atoms with Crippen LogP contribution in [-0.4, -0.2) is 28.6 Å². The summed E-state index contributed by atoms with van der Waals surface area (Å²) >= 11 is 3.80. The third-order valence-electron chi connectivity index (χ3n) is 4.49. The van der Waals surface area contributed by atoms with Gasteiger partial charge in [0.1, 0.15) is 12.3 Å². The highest BCUT2D eigenvalue weighted by Crippen LogP contribution is 2.44. The molecule has 0 radical (unpaired) electrons. The molecule has 2 fully saturated rings. The van der Waals surface area contributed by atoms with Crippen LogP contribution in [0.2, 0.25) is 0 Å². The molecule has 2 saturated heterocycles. The van der Waals surface area contributed by atoms with Crippen LogP contribution in [0.4, 0.5) is 0 Å². The molecule has 2 aliphatic rings. The molecule has 5 atom stereocenters. The quantitative estimate of drug-likeness (QED) is 0.619. The molecule has 0 bridgehead atoms. The van der Waals surface area contributed by atoms with Crippen molar-refractivity contribution >= 4 is 15.9 Å². The third kappa shape index (κ3) is 2.66. The topological polar surface area (TPSA) is 36.3 Å². The Kier molecular flexibility index (Phi) is 4.44. The van der Waals surface area contributed by atoms with Gasteiger partial charge in [-0.25, -0.2) is 0 Å². The molecule has 0 spiro atoms. The van der Waals surface area contributed by atoms with E-state index in [1.807, 2.05) is 24.3 Å². The second kappa shape index (κ2) is 6.31. The Labute approximate surface area is 134 Å². The summed E-state index contributed by atoms with van der Waals surface area (Å²) < 4.78 is 6.04. The van der Waals surface area contributed by atoms with Crippen LogP contribution in [0.25, 0.3) is 0 Å². The van der Waals surface area contributed by atoms with Crippen LogP contribution in [0.5, 0.6) is 0 Å². The molecule has 2 heterocycles. The van der Waals surface area contributed by atoms with Gasteiger partial charge in [-0.2, -0.15) is 5.26 Å². The maximum absolute atomic E-state index is 9.59. The zero-order valence-corrected chi connectivity index (χ0v) is 13.4. The van der Waals surface area contributed by atoms with Crippen LogP contribution < -0.4 is 0 Å². The number of fused-ring (bicyclic) bond motifs is 1. The number of nitrogens with zero attached hydrogens (tertiary/aromatic N) is 2. The molecule has 2 aliphatic heterocycles. The van der Waals surface area contributed by atoms with Crippen molar-refractivity contribution in [3.8, 4) is 6.07 Å². The van der Waals surface area contributed by atoms with Crippen molar-refractivity contribution in [3.05, 3.63) is 48.6 Å². The first kappa shape index (κ1) is 14.8. The van der Waals surface area contributed by atoms with E-state index in [1.54, 1.807) is 0 Å². The summed E-state index contributed by atoms with van der Waals surface area (Å²) in [6, 6.07) is 12.9. The van der Waals surface area contributed by atoms with E-state index >= 15 is 0 Å². The molecule has 0 N–H and O–H groups in total. The largest absolute Gasteiger partial charge is 0.360 e. The number of hydrogen-bond acceptors (Lipinski definition) is 3. The Morgan fingerprint density at radius 2 is 2.19 bits per heavy atom. The average molecular weight is 347 g/mol. The number of hydrogen-bond donors (Lipinski definition) is 0. The van der Waals surface area contributed by atoms with E-state index in [0.717, 1.165) is 12.8 Å². The predicted molar refractivity (Wildman–Crippen MR) is 85.8 cm³/mol. The Hall–Kier alpha value is -1.15. The van der Waals surface area contributed by atoms with Crippen molar-refractivity contribution in [2.45, 2.75) is 36.0 Å². The number of allylic oxidation sites excluding steroid dienone is 1. The van der Waals surface area contributed by atoms with Crippen molar-refractivity contribution in [1.82, 2.24) is 4.90 Å². The standard InChI is InChI=1S/C17H19BrN2O/c1-2-6-13-9-14(10-19)20-15(11-21-17(20)16(13)18)12-7-4-3-5-8-12/h2-5,7-8,13-17H,1,6,9,11H2/t13?,14-,15-,16?,17?/m0/s1. The van der Waals surface area contributed by atoms with Gasteiger partial charge in [0.05, 0.1) is 23.5 Å². The molecule has 1 aromatic rings. The lowest BCUT2D eigenvalue weighted by Crippen LogP contribution is -2.52. The normalized spacial score (nSPS) is 35.9. The lowest BCUT2D eigenvalue weighted by Gasteiger charge is -2.42. The van der Waals surface area contributed by atoms with Crippen LogP contribution >= 0.6 is 15.9 Å². The summed E-state index contributed by atoms with van der Waals surface area (Å²) in [4.78, 5) is 2.49. The molecule has 0 aromatic heterocycles. The molecule has 110 valence electrons. The molecule has 0 aliphatic carbocycles. The molecule has 1 aromatic carbocycles. The number of benzene rings is 1. The first-order valence-corrected chi connectivity index (χ1v) is 8.26. The summed E-state index contributed by atoms with van der Waals surface area (Å²) in [6.07, 6.45) is 3.69. The number of halogens is 1. The fraction of sp³-hybridized carbons (Fsp3) is 0.471. The van der Waals surface area contributed by atoms with Crippen LogP contribution in [0.15, 0.2) is 43.0 Å². The fourth-order valence-electron chi connectivity index (χ4n) is 3.46. The third-order valence-corrected chi connectivity index (χ3v) is 5.69. The minimum Gasteiger partial charge on any atom is -0.360 e. The molecular formula is C17H19BrN2O. The predicted octanol–water partition coefficient (Wildman–Crippen LogP) is 3.64. The first-order chi connectivity index (χ1) is 10.3. The summed E-state index contributed by atoms with van der Waals surface area (Å²) in [7, 11) is 0. The van der Waals surface area contributed by atoms with E-state index in [0.29, 0.717) is 12.5 Å². The van der Waals surface area contributed by atoms with Crippen molar-refractivity contribution in [1.29, 1.82) is 5.26 Å². The van der Waals surface area contributed by atoms with E-state index < -0.39 is 0 Å². The lowest BCUT2D eigenvalue weighted by molar-refractivity contribution is -0.0240. The number of ether oxygens (including phenoxy) is 1. The molecule has 4 heteroatoms. The second-order valence-electron chi connectivity index (χ2n) is 5.71. The maximum Gasteiger partial charge on any atom is 0.125 e. The van der Waals surface area contributed by atoms with E-state index in [1.165, 1.54) is 5.56 Å². The molecule has 0 amide bonds. The molecule has 3 rings (SSSR count). The van der Waals surface area contributed by atoms with Gasteiger partial charge >= 0.3 is 0 Å². The summed E-state index contributed by atoms with van der Waals surface area (Å²) in [5.74, 6) is 0.405. The molecule has 3 nitrogen and oxygen atoms in total. The second-order valence-corrected chi connectivity index (χ2v) is 6.76. The van der Waals surface area contributed by atoms with Gasteiger partial charge in [-0.05, 0) is 24.3 Å². The fourth-order valence-corrected chi connectivity index (χ4v) is 4.32. The van der Waals surface area contributed by atoms with Crippen LogP contribution in [0.1, 0.15) is 24.4 Å². The maximum atomic E-state index is 9.59. The van der Waals surface area contributed by atoms with E-state index in [-0.39, 0.29) is 23.1 Å². The van der Waals surface area contributed by atoms with Crippen molar-refractivity contribution in [2.75, 3.05) is 6.61 Å². The number of rotatable bonds is 3. The minimum atomic E-state index is -0.0959. The van der Waals surface area contributed by atoms with E-state index in [9.17, 15) is 5.26 Å². The van der Waals surface area contributed by atoms with Gasteiger partial charge < -0.3 is 4.74 Å². The Balaban J connectivity index is 1.88. The minimum absolute atomic E-state index is 0.0291. The average Bonchev–Trinajstić information content (AvgIpc) is 2.96. The van der Waals surface area contributed by atoms with Gasteiger partial charge in [0.25, 0.3) is 0 Å². The van der Waals surface area contributed by atoms with Crippen LogP contribution in [0.3, 0.4) is 0 Å². The van der Waals surface area contributed by atoms with Gasteiger partial charge in [0.15, 0.2) is 0 Å². The smallest absolute Gasteiger partial charge is 0.125 e.